The Balaban J connectivity index is 1.69. The van der Waals surface area contributed by atoms with Crippen molar-refractivity contribution in [1.29, 1.82) is 0 Å². The second kappa shape index (κ2) is 4.11. The summed E-state index contributed by atoms with van der Waals surface area (Å²) in [4.78, 5) is 0. The van der Waals surface area contributed by atoms with Gasteiger partial charge in [0.1, 0.15) is 0 Å². The van der Waals surface area contributed by atoms with Crippen molar-refractivity contribution < 1.29 is 0 Å². The molecule has 0 saturated heterocycles. The third-order valence-electron chi connectivity index (χ3n) is 6.32. The smallest absolute Gasteiger partial charge is 0.0128 e. The Bertz CT molecular complexity index is 447. The lowest BCUT2D eigenvalue weighted by Gasteiger charge is -2.45. The molecule has 1 aromatic rings. The van der Waals surface area contributed by atoms with Crippen LogP contribution in [0, 0.1) is 23.7 Å². The van der Waals surface area contributed by atoms with E-state index in [1.165, 1.54) is 38.5 Å². The largest absolute Gasteiger partial charge is 0.0622 e. The molecular formula is C18H24. The molecule has 0 spiro atoms. The van der Waals surface area contributed by atoms with Crippen LogP contribution in [0.5, 0.6) is 0 Å². The maximum absolute atomic E-state index is 2.50. The summed E-state index contributed by atoms with van der Waals surface area (Å²) in [6, 6.07) is 9.27. The van der Waals surface area contributed by atoms with E-state index in [9.17, 15) is 0 Å². The Morgan fingerprint density at radius 2 is 1.67 bits per heavy atom. The lowest BCUT2D eigenvalue weighted by atomic mass is 9.60. The Labute approximate surface area is 111 Å². The third kappa shape index (κ3) is 1.51. The molecule has 0 nitrogen and oxygen atoms in total. The molecule has 0 heteroatoms. The second-order valence-electron chi connectivity index (χ2n) is 6.97. The lowest BCUT2D eigenvalue weighted by Crippen LogP contribution is -2.35. The van der Waals surface area contributed by atoms with Gasteiger partial charge in [-0.05, 0) is 72.8 Å². The van der Waals surface area contributed by atoms with Gasteiger partial charge in [0.15, 0.2) is 0 Å². The van der Waals surface area contributed by atoms with Gasteiger partial charge in [-0.3, -0.25) is 0 Å². The lowest BCUT2D eigenvalue weighted by molar-refractivity contribution is 0.119. The highest BCUT2D eigenvalue weighted by molar-refractivity contribution is 5.34. The minimum Gasteiger partial charge on any atom is -0.0622 e. The molecular weight excluding hydrogens is 216 g/mol. The molecule has 0 aromatic heterocycles. The highest BCUT2D eigenvalue weighted by atomic mass is 14.5. The topological polar surface area (TPSA) is 0 Å². The first kappa shape index (κ1) is 11.1. The zero-order chi connectivity index (χ0) is 12.1. The molecule has 0 N–H and O–H groups in total. The Hall–Kier alpha value is -0.780. The SMILES string of the molecule is CC1CCC2C1CCC1c3ccccc3CCC12. The number of fused-ring (bicyclic) bond motifs is 5. The van der Waals surface area contributed by atoms with Crippen molar-refractivity contribution in [3.05, 3.63) is 35.4 Å². The van der Waals surface area contributed by atoms with E-state index in [0.29, 0.717) is 0 Å². The summed E-state index contributed by atoms with van der Waals surface area (Å²) < 4.78 is 0. The normalized spacial score (nSPS) is 41.9. The monoisotopic (exact) mass is 240 g/mol. The minimum absolute atomic E-state index is 0.904. The first-order valence-electron chi connectivity index (χ1n) is 7.92. The van der Waals surface area contributed by atoms with Crippen LogP contribution in [0.2, 0.25) is 0 Å². The molecule has 0 radical (unpaired) electrons. The van der Waals surface area contributed by atoms with E-state index in [1.54, 1.807) is 11.1 Å². The zero-order valence-electron chi connectivity index (χ0n) is 11.4. The van der Waals surface area contributed by atoms with Crippen LogP contribution in [0.3, 0.4) is 0 Å². The number of rotatable bonds is 0. The molecule has 2 saturated carbocycles. The average molecular weight is 240 g/mol. The Morgan fingerprint density at radius 1 is 0.833 bits per heavy atom. The van der Waals surface area contributed by atoms with E-state index < -0.39 is 0 Å². The second-order valence-corrected chi connectivity index (χ2v) is 6.97. The maximum atomic E-state index is 2.50. The van der Waals surface area contributed by atoms with E-state index in [2.05, 4.69) is 31.2 Å². The summed E-state index contributed by atoms with van der Waals surface area (Å²) in [5.74, 6) is 5.06. The van der Waals surface area contributed by atoms with E-state index in [1.807, 2.05) is 0 Å². The summed E-state index contributed by atoms with van der Waals surface area (Å²) in [6.45, 7) is 2.50. The van der Waals surface area contributed by atoms with Gasteiger partial charge in [-0.15, -0.1) is 0 Å². The Kier molecular flexibility index (Phi) is 2.53. The van der Waals surface area contributed by atoms with Gasteiger partial charge in [0, 0.05) is 0 Å². The Morgan fingerprint density at radius 3 is 2.61 bits per heavy atom. The molecule has 0 bridgehead atoms. The number of hydrogen-bond acceptors (Lipinski definition) is 0. The maximum Gasteiger partial charge on any atom is -0.0128 e. The molecule has 3 aliphatic carbocycles. The molecule has 2 fully saturated rings. The van der Waals surface area contributed by atoms with Crippen molar-refractivity contribution in [2.75, 3.05) is 0 Å². The van der Waals surface area contributed by atoms with Crippen molar-refractivity contribution in [2.45, 2.75) is 51.4 Å². The molecule has 0 heterocycles. The molecule has 4 rings (SSSR count). The van der Waals surface area contributed by atoms with E-state index in [0.717, 1.165) is 29.6 Å². The van der Waals surface area contributed by atoms with Crippen LogP contribution in [-0.4, -0.2) is 0 Å². The van der Waals surface area contributed by atoms with Gasteiger partial charge in [-0.1, -0.05) is 37.6 Å². The molecule has 5 unspecified atom stereocenters. The van der Waals surface area contributed by atoms with Crippen LogP contribution in [0.25, 0.3) is 0 Å². The number of benzene rings is 1. The van der Waals surface area contributed by atoms with Gasteiger partial charge >= 0.3 is 0 Å². The van der Waals surface area contributed by atoms with Crippen LogP contribution in [0.4, 0.5) is 0 Å². The highest BCUT2D eigenvalue weighted by Gasteiger charge is 2.46. The number of aryl methyl sites for hydroxylation is 1. The summed E-state index contributed by atoms with van der Waals surface area (Å²) >= 11 is 0. The van der Waals surface area contributed by atoms with Crippen molar-refractivity contribution in [2.24, 2.45) is 23.7 Å². The van der Waals surface area contributed by atoms with E-state index in [4.69, 9.17) is 0 Å². The standard InChI is InChI=1S/C18H24/c1-12-6-8-16-14(12)10-11-17-15-5-3-2-4-13(15)7-9-18(16)17/h2-5,12,14,16-18H,6-11H2,1H3. The summed E-state index contributed by atoms with van der Waals surface area (Å²) in [6.07, 6.45) is 8.80. The van der Waals surface area contributed by atoms with Gasteiger partial charge in [-0.2, -0.15) is 0 Å². The van der Waals surface area contributed by atoms with Crippen molar-refractivity contribution >= 4 is 0 Å². The van der Waals surface area contributed by atoms with Crippen LogP contribution in [0.1, 0.15) is 56.1 Å². The first-order chi connectivity index (χ1) is 8.84. The van der Waals surface area contributed by atoms with E-state index >= 15 is 0 Å². The fraction of sp³-hybridized carbons (Fsp3) is 0.667. The van der Waals surface area contributed by atoms with Crippen LogP contribution in [0.15, 0.2) is 24.3 Å². The molecule has 0 aliphatic heterocycles. The van der Waals surface area contributed by atoms with Crippen LogP contribution in [-0.2, 0) is 6.42 Å². The summed E-state index contributed by atoms with van der Waals surface area (Å²) in [5.41, 5.74) is 3.37. The van der Waals surface area contributed by atoms with Crippen molar-refractivity contribution in [3.63, 3.8) is 0 Å². The average Bonchev–Trinajstić information content (AvgIpc) is 2.80. The third-order valence-corrected chi connectivity index (χ3v) is 6.32. The van der Waals surface area contributed by atoms with E-state index in [-0.39, 0.29) is 0 Å². The fourth-order valence-electron chi connectivity index (χ4n) is 5.47. The first-order valence-corrected chi connectivity index (χ1v) is 7.92. The molecule has 5 atom stereocenters. The van der Waals surface area contributed by atoms with Gasteiger partial charge in [0.05, 0.1) is 0 Å². The molecule has 96 valence electrons. The molecule has 3 aliphatic rings. The van der Waals surface area contributed by atoms with Crippen LogP contribution < -0.4 is 0 Å². The zero-order valence-corrected chi connectivity index (χ0v) is 11.4. The van der Waals surface area contributed by atoms with Crippen molar-refractivity contribution in [1.82, 2.24) is 0 Å². The van der Waals surface area contributed by atoms with Gasteiger partial charge in [-0.25, -0.2) is 0 Å². The molecule has 18 heavy (non-hydrogen) atoms. The highest BCUT2D eigenvalue weighted by Crippen LogP contribution is 2.56. The molecule has 0 amide bonds. The van der Waals surface area contributed by atoms with Crippen LogP contribution >= 0.6 is 0 Å². The van der Waals surface area contributed by atoms with Crippen molar-refractivity contribution in [3.8, 4) is 0 Å². The molecule has 1 aromatic carbocycles. The van der Waals surface area contributed by atoms with Gasteiger partial charge in [0.25, 0.3) is 0 Å². The predicted octanol–water partition coefficient (Wildman–Crippen LogP) is 4.79. The summed E-state index contributed by atoms with van der Waals surface area (Å²) in [7, 11) is 0. The fourth-order valence-corrected chi connectivity index (χ4v) is 5.47. The van der Waals surface area contributed by atoms with Gasteiger partial charge in [0.2, 0.25) is 0 Å². The minimum atomic E-state index is 0.904. The van der Waals surface area contributed by atoms with Gasteiger partial charge < -0.3 is 0 Å². The predicted molar refractivity (Wildman–Crippen MR) is 75.6 cm³/mol. The summed E-state index contributed by atoms with van der Waals surface area (Å²) in [5, 5.41) is 0. The quantitative estimate of drug-likeness (QED) is 0.611. The number of hydrogen-bond donors (Lipinski definition) is 0.